The normalized spacial score (nSPS) is 11.9. The van der Waals surface area contributed by atoms with E-state index in [0.29, 0.717) is 12.1 Å². The van der Waals surface area contributed by atoms with Crippen molar-refractivity contribution in [1.82, 2.24) is 4.90 Å². The maximum absolute atomic E-state index is 11.9. The van der Waals surface area contributed by atoms with Crippen LogP contribution in [0.3, 0.4) is 0 Å². The van der Waals surface area contributed by atoms with Gasteiger partial charge in [-0.2, -0.15) is 0 Å². The number of hydrogen-bond acceptors (Lipinski definition) is 3. The van der Waals surface area contributed by atoms with Gasteiger partial charge in [0.25, 0.3) is 0 Å². The molecule has 0 aliphatic heterocycles. The molecule has 1 amide bonds. The summed E-state index contributed by atoms with van der Waals surface area (Å²) in [4.78, 5) is 24.2. The van der Waals surface area contributed by atoms with Crippen molar-refractivity contribution in [3.63, 3.8) is 0 Å². The number of aliphatic carboxylic acids is 1. The Bertz CT molecular complexity index is 428. The lowest BCUT2D eigenvalue weighted by Crippen LogP contribution is -2.42. The highest BCUT2D eigenvalue weighted by molar-refractivity contribution is 5.84. The number of nitrogen functional groups attached to an aromatic ring is 1. The predicted molar refractivity (Wildman–Crippen MR) is 69.0 cm³/mol. The number of carbonyl (C=O) groups is 2. The highest BCUT2D eigenvalue weighted by Gasteiger charge is 2.24. The number of anilines is 1. The van der Waals surface area contributed by atoms with Gasteiger partial charge in [-0.1, -0.05) is 19.1 Å². The third-order valence-corrected chi connectivity index (χ3v) is 2.87. The molecule has 5 heteroatoms. The van der Waals surface area contributed by atoms with Gasteiger partial charge in [-0.15, -0.1) is 0 Å². The number of hydrogen-bond donors (Lipinski definition) is 2. The van der Waals surface area contributed by atoms with Crippen molar-refractivity contribution in [2.75, 3.05) is 12.8 Å². The van der Waals surface area contributed by atoms with E-state index in [0.717, 1.165) is 5.56 Å². The summed E-state index contributed by atoms with van der Waals surface area (Å²) in [5.41, 5.74) is 7.01. The largest absolute Gasteiger partial charge is 0.480 e. The van der Waals surface area contributed by atoms with Crippen LogP contribution in [0.4, 0.5) is 5.69 Å². The summed E-state index contributed by atoms with van der Waals surface area (Å²) in [5.74, 6) is -1.19. The minimum Gasteiger partial charge on any atom is -0.480 e. The van der Waals surface area contributed by atoms with Gasteiger partial charge < -0.3 is 15.7 Å². The second kappa shape index (κ2) is 6.05. The number of likely N-dealkylation sites (N-methyl/N-ethyl adjacent to an activating group) is 1. The first-order chi connectivity index (χ1) is 8.45. The summed E-state index contributed by atoms with van der Waals surface area (Å²) < 4.78 is 0. The SMILES string of the molecule is CC[C@@H](C(=O)O)N(C)C(=O)Cc1ccc(N)cc1. The molecule has 1 aromatic rings. The first-order valence-electron chi connectivity index (χ1n) is 5.78. The average Bonchev–Trinajstić information content (AvgIpc) is 2.32. The fourth-order valence-electron chi connectivity index (χ4n) is 1.72. The molecule has 1 atom stereocenters. The van der Waals surface area contributed by atoms with E-state index in [2.05, 4.69) is 0 Å². The smallest absolute Gasteiger partial charge is 0.326 e. The van der Waals surface area contributed by atoms with Crippen molar-refractivity contribution in [2.24, 2.45) is 0 Å². The first kappa shape index (κ1) is 14.0. The van der Waals surface area contributed by atoms with Gasteiger partial charge >= 0.3 is 5.97 Å². The zero-order valence-corrected chi connectivity index (χ0v) is 10.6. The maximum Gasteiger partial charge on any atom is 0.326 e. The van der Waals surface area contributed by atoms with E-state index in [1.165, 1.54) is 11.9 Å². The van der Waals surface area contributed by atoms with Gasteiger partial charge in [0.2, 0.25) is 5.91 Å². The third-order valence-electron chi connectivity index (χ3n) is 2.87. The second-order valence-corrected chi connectivity index (χ2v) is 4.19. The molecule has 0 radical (unpaired) electrons. The zero-order chi connectivity index (χ0) is 13.7. The molecule has 0 saturated heterocycles. The fourth-order valence-corrected chi connectivity index (χ4v) is 1.72. The van der Waals surface area contributed by atoms with Crippen LogP contribution in [0.5, 0.6) is 0 Å². The van der Waals surface area contributed by atoms with Gasteiger partial charge in [0.05, 0.1) is 6.42 Å². The lowest BCUT2D eigenvalue weighted by atomic mass is 10.1. The Morgan fingerprint density at radius 2 is 1.89 bits per heavy atom. The minimum atomic E-state index is -0.981. The van der Waals surface area contributed by atoms with E-state index >= 15 is 0 Å². The van der Waals surface area contributed by atoms with Crippen LogP contribution in [-0.2, 0) is 16.0 Å². The monoisotopic (exact) mass is 250 g/mol. The number of carbonyl (C=O) groups excluding carboxylic acids is 1. The number of carboxylic acid groups (broad SMARTS) is 1. The molecule has 0 aliphatic rings. The van der Waals surface area contributed by atoms with Gasteiger partial charge in [-0.3, -0.25) is 4.79 Å². The number of amides is 1. The Morgan fingerprint density at radius 3 is 2.33 bits per heavy atom. The summed E-state index contributed by atoms with van der Waals surface area (Å²) in [6.45, 7) is 1.74. The minimum absolute atomic E-state index is 0.181. The van der Waals surface area contributed by atoms with Crippen molar-refractivity contribution in [3.05, 3.63) is 29.8 Å². The number of benzene rings is 1. The van der Waals surface area contributed by atoms with E-state index in [4.69, 9.17) is 10.8 Å². The molecular formula is C13H18N2O3. The Hall–Kier alpha value is -2.04. The van der Waals surface area contributed by atoms with Crippen LogP contribution in [0, 0.1) is 0 Å². The molecule has 1 aromatic carbocycles. The topological polar surface area (TPSA) is 83.6 Å². The summed E-state index contributed by atoms with van der Waals surface area (Å²) in [6, 6.07) is 6.20. The van der Waals surface area contributed by atoms with Gasteiger partial charge in [0.1, 0.15) is 6.04 Å². The van der Waals surface area contributed by atoms with Crippen LogP contribution in [0.1, 0.15) is 18.9 Å². The lowest BCUT2D eigenvalue weighted by Gasteiger charge is -2.23. The second-order valence-electron chi connectivity index (χ2n) is 4.19. The van der Waals surface area contributed by atoms with Crippen molar-refractivity contribution < 1.29 is 14.7 Å². The Morgan fingerprint density at radius 1 is 1.33 bits per heavy atom. The van der Waals surface area contributed by atoms with Crippen LogP contribution < -0.4 is 5.73 Å². The highest BCUT2D eigenvalue weighted by Crippen LogP contribution is 2.09. The Balaban J connectivity index is 2.70. The zero-order valence-electron chi connectivity index (χ0n) is 10.6. The number of nitrogens with two attached hydrogens (primary N) is 1. The molecule has 0 aromatic heterocycles. The van der Waals surface area contributed by atoms with Crippen molar-refractivity contribution in [1.29, 1.82) is 0 Å². The molecule has 0 heterocycles. The summed E-state index contributed by atoms with van der Waals surface area (Å²) in [7, 11) is 1.52. The molecule has 0 unspecified atom stereocenters. The molecule has 3 N–H and O–H groups in total. The van der Waals surface area contributed by atoms with Gasteiger partial charge in [0, 0.05) is 12.7 Å². The summed E-state index contributed by atoms with van der Waals surface area (Å²) in [6.07, 6.45) is 0.569. The predicted octanol–water partition coefficient (Wildman–Crippen LogP) is 1.13. The van der Waals surface area contributed by atoms with Crippen LogP contribution >= 0.6 is 0 Å². The van der Waals surface area contributed by atoms with E-state index in [1.54, 1.807) is 31.2 Å². The molecule has 0 aliphatic carbocycles. The van der Waals surface area contributed by atoms with Gasteiger partial charge in [0.15, 0.2) is 0 Å². The van der Waals surface area contributed by atoms with Crippen LogP contribution in [0.2, 0.25) is 0 Å². The lowest BCUT2D eigenvalue weighted by molar-refractivity contribution is -0.148. The van der Waals surface area contributed by atoms with Crippen molar-refractivity contribution in [3.8, 4) is 0 Å². The Labute approximate surface area is 106 Å². The Kier molecular flexibility index (Phi) is 4.71. The molecule has 98 valence electrons. The van der Waals surface area contributed by atoms with Gasteiger partial charge in [-0.05, 0) is 24.1 Å². The maximum atomic E-state index is 11.9. The summed E-state index contributed by atoms with van der Waals surface area (Å²) in [5, 5.41) is 8.98. The molecule has 18 heavy (non-hydrogen) atoms. The molecule has 5 nitrogen and oxygen atoms in total. The van der Waals surface area contributed by atoms with Gasteiger partial charge in [-0.25, -0.2) is 4.79 Å². The first-order valence-corrected chi connectivity index (χ1v) is 5.78. The van der Waals surface area contributed by atoms with Crippen LogP contribution in [-0.4, -0.2) is 35.0 Å². The summed E-state index contributed by atoms with van der Waals surface area (Å²) >= 11 is 0. The van der Waals surface area contributed by atoms with E-state index in [1.807, 2.05) is 0 Å². The standard InChI is InChI=1S/C13H18N2O3/c1-3-11(13(17)18)15(2)12(16)8-9-4-6-10(14)7-5-9/h4-7,11H,3,8,14H2,1-2H3,(H,17,18)/t11-/m0/s1. The molecular weight excluding hydrogens is 232 g/mol. The molecule has 0 spiro atoms. The number of rotatable bonds is 5. The van der Waals surface area contributed by atoms with E-state index < -0.39 is 12.0 Å². The molecule has 0 bridgehead atoms. The number of carboxylic acids is 1. The fraction of sp³-hybridized carbons (Fsp3) is 0.385. The van der Waals surface area contributed by atoms with E-state index in [9.17, 15) is 9.59 Å². The van der Waals surface area contributed by atoms with E-state index in [-0.39, 0.29) is 12.3 Å². The van der Waals surface area contributed by atoms with Crippen LogP contribution in [0.25, 0.3) is 0 Å². The molecule has 0 saturated carbocycles. The van der Waals surface area contributed by atoms with Crippen LogP contribution in [0.15, 0.2) is 24.3 Å². The average molecular weight is 250 g/mol. The van der Waals surface area contributed by atoms with Crippen molar-refractivity contribution >= 4 is 17.6 Å². The quantitative estimate of drug-likeness (QED) is 0.767. The third kappa shape index (κ3) is 3.48. The number of nitrogens with zero attached hydrogens (tertiary/aromatic N) is 1. The van der Waals surface area contributed by atoms with Crippen molar-refractivity contribution in [2.45, 2.75) is 25.8 Å². The molecule has 1 rings (SSSR count). The highest BCUT2D eigenvalue weighted by atomic mass is 16.4. The molecule has 0 fully saturated rings.